The van der Waals surface area contributed by atoms with Gasteiger partial charge in [0.05, 0.1) is 12.3 Å². The van der Waals surface area contributed by atoms with Crippen LogP contribution in [0.2, 0.25) is 0 Å². The van der Waals surface area contributed by atoms with Gasteiger partial charge in [0.15, 0.2) is 10.7 Å². The summed E-state index contributed by atoms with van der Waals surface area (Å²) in [4.78, 5) is 13.1. The number of hydrazine groups is 1. The third-order valence-corrected chi connectivity index (χ3v) is 4.64. The van der Waals surface area contributed by atoms with E-state index in [0.29, 0.717) is 29.2 Å². The molecule has 0 atom stereocenters. The topological polar surface area (TPSA) is 82.6 Å². The van der Waals surface area contributed by atoms with E-state index < -0.39 is 11.5 Å². The van der Waals surface area contributed by atoms with Crippen molar-refractivity contribution in [1.29, 1.82) is 0 Å². The molecule has 6 nitrogen and oxygen atoms in total. The van der Waals surface area contributed by atoms with Crippen LogP contribution in [-0.2, 0) is 10.4 Å². The van der Waals surface area contributed by atoms with Crippen LogP contribution in [-0.4, -0.2) is 22.7 Å². The van der Waals surface area contributed by atoms with E-state index in [1.54, 1.807) is 48.5 Å². The molecular formula is C23H23N3O3S. The van der Waals surface area contributed by atoms with Crippen molar-refractivity contribution in [3.05, 3.63) is 96.1 Å². The molecule has 0 aliphatic heterocycles. The molecule has 3 rings (SSSR count). The fraction of sp³-hybridized carbons (Fsp3) is 0.130. The first kappa shape index (κ1) is 21.3. The summed E-state index contributed by atoms with van der Waals surface area (Å²) < 4.78 is 5.56. The molecule has 7 heteroatoms. The number of ether oxygens (including phenoxy) is 1. The minimum atomic E-state index is -1.89. The van der Waals surface area contributed by atoms with Crippen molar-refractivity contribution in [3.63, 3.8) is 0 Å². The number of aliphatic hydroxyl groups is 1. The van der Waals surface area contributed by atoms with E-state index in [-0.39, 0.29) is 5.11 Å². The highest BCUT2D eigenvalue weighted by Crippen LogP contribution is 2.29. The van der Waals surface area contributed by atoms with E-state index >= 15 is 0 Å². The molecule has 1 amide bonds. The number of para-hydroxylation sites is 2. The molecule has 0 heterocycles. The molecule has 0 saturated heterocycles. The largest absolute Gasteiger partial charge is 0.492 e. The van der Waals surface area contributed by atoms with Gasteiger partial charge in [-0.1, -0.05) is 72.8 Å². The van der Waals surface area contributed by atoms with Crippen molar-refractivity contribution in [3.8, 4) is 5.75 Å². The number of anilines is 1. The molecule has 0 aromatic heterocycles. The average Bonchev–Trinajstić information content (AvgIpc) is 2.79. The van der Waals surface area contributed by atoms with Crippen LogP contribution in [0, 0.1) is 0 Å². The summed E-state index contributed by atoms with van der Waals surface area (Å²) in [6.45, 7) is 2.40. The minimum absolute atomic E-state index is 0.152. The number of nitrogens with one attached hydrogen (secondary N) is 3. The highest BCUT2D eigenvalue weighted by Gasteiger charge is 2.40. The van der Waals surface area contributed by atoms with Crippen molar-refractivity contribution < 1.29 is 14.6 Å². The Morgan fingerprint density at radius 2 is 1.43 bits per heavy atom. The molecule has 0 aliphatic carbocycles. The van der Waals surface area contributed by atoms with E-state index in [0.717, 1.165) is 0 Å². The third kappa shape index (κ3) is 4.76. The first-order valence-electron chi connectivity index (χ1n) is 9.48. The van der Waals surface area contributed by atoms with Crippen LogP contribution in [0.25, 0.3) is 0 Å². The van der Waals surface area contributed by atoms with Crippen LogP contribution in [0.3, 0.4) is 0 Å². The first-order chi connectivity index (χ1) is 14.6. The predicted molar refractivity (Wildman–Crippen MR) is 121 cm³/mol. The SMILES string of the molecule is CCOc1ccccc1NC(=S)NNC(=O)C(O)(c1ccccc1)c1ccccc1. The molecule has 0 spiro atoms. The Kier molecular flexibility index (Phi) is 7.00. The van der Waals surface area contributed by atoms with Crippen LogP contribution >= 0.6 is 12.2 Å². The average molecular weight is 422 g/mol. The highest BCUT2D eigenvalue weighted by atomic mass is 32.1. The molecule has 30 heavy (non-hydrogen) atoms. The monoisotopic (exact) mass is 421 g/mol. The fourth-order valence-corrected chi connectivity index (χ4v) is 3.16. The van der Waals surface area contributed by atoms with E-state index in [1.807, 2.05) is 43.3 Å². The summed E-state index contributed by atoms with van der Waals surface area (Å²) in [6, 6.07) is 24.8. The van der Waals surface area contributed by atoms with E-state index in [2.05, 4.69) is 16.2 Å². The van der Waals surface area contributed by atoms with Crippen molar-refractivity contribution in [2.24, 2.45) is 0 Å². The van der Waals surface area contributed by atoms with Gasteiger partial charge in [-0.15, -0.1) is 0 Å². The first-order valence-corrected chi connectivity index (χ1v) is 9.89. The number of amides is 1. The number of hydrogen-bond donors (Lipinski definition) is 4. The van der Waals surface area contributed by atoms with Gasteiger partial charge in [-0.2, -0.15) is 0 Å². The van der Waals surface area contributed by atoms with Gasteiger partial charge in [-0.25, -0.2) is 0 Å². The second-order valence-electron chi connectivity index (χ2n) is 6.40. The van der Waals surface area contributed by atoms with Gasteiger partial charge < -0.3 is 15.2 Å². The summed E-state index contributed by atoms with van der Waals surface area (Å²) in [5.41, 5.74) is 4.81. The molecule has 3 aromatic rings. The lowest BCUT2D eigenvalue weighted by molar-refractivity contribution is -0.137. The Hall–Kier alpha value is -3.42. The van der Waals surface area contributed by atoms with Gasteiger partial charge in [-0.3, -0.25) is 15.6 Å². The number of rotatable bonds is 6. The van der Waals surface area contributed by atoms with E-state index in [9.17, 15) is 9.90 Å². The lowest BCUT2D eigenvalue weighted by atomic mass is 9.85. The van der Waals surface area contributed by atoms with Crippen LogP contribution < -0.4 is 20.9 Å². The Morgan fingerprint density at radius 3 is 2.00 bits per heavy atom. The number of benzene rings is 3. The minimum Gasteiger partial charge on any atom is -0.492 e. The fourth-order valence-electron chi connectivity index (χ4n) is 3.00. The Bertz CT molecular complexity index is 957. The van der Waals surface area contributed by atoms with E-state index in [4.69, 9.17) is 17.0 Å². The summed E-state index contributed by atoms with van der Waals surface area (Å²) in [5.74, 6) is -0.0253. The van der Waals surface area contributed by atoms with Crippen LogP contribution in [0.4, 0.5) is 5.69 Å². The number of carbonyl (C=O) groups is 1. The maximum atomic E-state index is 13.1. The number of hydrogen-bond acceptors (Lipinski definition) is 4. The van der Waals surface area contributed by atoms with Gasteiger partial charge in [0.25, 0.3) is 5.91 Å². The Labute approximate surface area is 180 Å². The van der Waals surface area contributed by atoms with Crippen molar-refractivity contribution in [1.82, 2.24) is 10.9 Å². The Morgan fingerprint density at radius 1 is 0.900 bits per heavy atom. The lowest BCUT2D eigenvalue weighted by Gasteiger charge is -2.28. The van der Waals surface area contributed by atoms with E-state index in [1.165, 1.54) is 0 Å². The maximum Gasteiger partial charge on any atom is 0.279 e. The van der Waals surface area contributed by atoms with Gasteiger partial charge in [0.1, 0.15) is 5.75 Å². The zero-order valence-electron chi connectivity index (χ0n) is 16.5. The molecular weight excluding hydrogens is 398 g/mol. The maximum absolute atomic E-state index is 13.1. The van der Waals surface area contributed by atoms with Crippen molar-refractivity contribution in [2.75, 3.05) is 11.9 Å². The highest BCUT2D eigenvalue weighted by molar-refractivity contribution is 7.80. The molecule has 0 radical (unpaired) electrons. The van der Waals surface area contributed by atoms with Gasteiger partial charge in [0, 0.05) is 0 Å². The number of thiocarbonyl (C=S) groups is 1. The quantitative estimate of drug-likeness (QED) is 0.361. The summed E-state index contributed by atoms with van der Waals surface area (Å²) in [7, 11) is 0. The molecule has 3 aromatic carbocycles. The standard InChI is InChI=1S/C23H23N3O3S/c1-2-29-20-16-10-9-15-19(20)24-22(30)26-25-21(27)23(28,17-11-5-3-6-12-17)18-13-7-4-8-14-18/h3-16,28H,2H2,1H3,(H,25,27)(H2,24,26,30). The molecule has 0 bridgehead atoms. The molecule has 0 fully saturated rings. The molecule has 0 saturated carbocycles. The summed E-state index contributed by atoms with van der Waals surface area (Å²) in [5, 5.41) is 14.5. The smallest absolute Gasteiger partial charge is 0.279 e. The van der Waals surface area contributed by atoms with Crippen LogP contribution in [0.15, 0.2) is 84.9 Å². The van der Waals surface area contributed by atoms with Gasteiger partial charge >= 0.3 is 0 Å². The lowest BCUT2D eigenvalue weighted by Crippen LogP contribution is -2.53. The van der Waals surface area contributed by atoms with Crippen molar-refractivity contribution >= 4 is 28.9 Å². The zero-order chi connectivity index (χ0) is 21.4. The number of carbonyl (C=O) groups excluding carboxylic acids is 1. The van der Waals surface area contributed by atoms with Gasteiger partial charge in [-0.05, 0) is 42.4 Å². The Balaban J connectivity index is 1.75. The molecule has 0 unspecified atom stereocenters. The molecule has 154 valence electrons. The van der Waals surface area contributed by atoms with Crippen LogP contribution in [0.1, 0.15) is 18.1 Å². The normalized spacial score (nSPS) is 10.7. The second kappa shape index (κ2) is 9.87. The predicted octanol–water partition coefficient (Wildman–Crippen LogP) is 3.34. The molecule has 4 N–H and O–H groups in total. The zero-order valence-corrected chi connectivity index (χ0v) is 17.3. The van der Waals surface area contributed by atoms with Crippen molar-refractivity contribution in [2.45, 2.75) is 12.5 Å². The van der Waals surface area contributed by atoms with Crippen LogP contribution in [0.5, 0.6) is 5.75 Å². The third-order valence-electron chi connectivity index (χ3n) is 4.44. The second-order valence-corrected chi connectivity index (χ2v) is 6.81. The summed E-state index contributed by atoms with van der Waals surface area (Å²) in [6.07, 6.45) is 0. The van der Waals surface area contributed by atoms with Gasteiger partial charge in [0.2, 0.25) is 0 Å². The molecule has 0 aliphatic rings. The summed E-state index contributed by atoms with van der Waals surface area (Å²) >= 11 is 5.28.